The standard InChI is InChI=1S/C31H28ClF6N3O5/c1-46-17-13-40(14-17)26(42)16-6-8-19-23(12-16)41(39-25(19)15-5-7-18(28(44)45)21(11-15)30(33,34)35)27(43)24-20(3-2-4-22(24)32)29(9-10-29)31(36,37)38/h2-5,7,11,16-17,27,43H,6,8-10,12-14H2,1H3,(H,44,45). The quantitative estimate of drug-likeness (QED) is 0.298. The molecule has 0 spiro atoms. The van der Waals surface area contributed by atoms with E-state index in [1.54, 1.807) is 4.90 Å². The Balaban J connectivity index is 1.48. The van der Waals surface area contributed by atoms with Gasteiger partial charge >= 0.3 is 18.3 Å². The van der Waals surface area contributed by atoms with Crippen LogP contribution in [0.3, 0.4) is 0 Å². The van der Waals surface area contributed by atoms with Crippen LogP contribution in [0.1, 0.15) is 63.8 Å². The molecule has 2 atom stereocenters. The van der Waals surface area contributed by atoms with Gasteiger partial charge in [0.15, 0.2) is 6.23 Å². The van der Waals surface area contributed by atoms with Gasteiger partial charge in [-0.15, -0.1) is 0 Å². The fourth-order valence-corrected chi connectivity index (χ4v) is 6.86. The van der Waals surface area contributed by atoms with Gasteiger partial charge < -0.3 is 19.8 Å². The molecule has 2 aromatic carbocycles. The van der Waals surface area contributed by atoms with Gasteiger partial charge in [0.2, 0.25) is 5.91 Å². The summed E-state index contributed by atoms with van der Waals surface area (Å²) in [4.78, 5) is 26.5. The van der Waals surface area contributed by atoms with Crippen LogP contribution in [0.5, 0.6) is 0 Å². The number of amides is 1. The summed E-state index contributed by atoms with van der Waals surface area (Å²) in [5.74, 6) is -2.58. The van der Waals surface area contributed by atoms with Gasteiger partial charge in [-0.1, -0.05) is 29.8 Å². The molecular formula is C31H28ClF6N3O5. The molecule has 0 radical (unpaired) electrons. The lowest BCUT2D eigenvalue weighted by Crippen LogP contribution is -2.56. The molecule has 8 nitrogen and oxygen atoms in total. The Bertz CT molecular complexity index is 1710. The number of hydrogen-bond donors (Lipinski definition) is 2. The molecule has 1 amide bonds. The van der Waals surface area contributed by atoms with Gasteiger partial charge in [-0.05, 0) is 49.4 Å². The third-order valence-electron chi connectivity index (χ3n) is 9.32. The zero-order valence-electron chi connectivity index (χ0n) is 24.3. The molecule has 1 saturated heterocycles. The molecule has 1 saturated carbocycles. The van der Waals surface area contributed by atoms with Crippen molar-refractivity contribution in [1.82, 2.24) is 14.7 Å². The van der Waals surface area contributed by atoms with Gasteiger partial charge in [0.25, 0.3) is 0 Å². The van der Waals surface area contributed by atoms with Crippen LogP contribution in [0.25, 0.3) is 11.3 Å². The number of carboxylic acids is 1. The third-order valence-corrected chi connectivity index (χ3v) is 9.65. The Morgan fingerprint density at radius 2 is 1.80 bits per heavy atom. The van der Waals surface area contributed by atoms with Crippen LogP contribution >= 0.6 is 11.6 Å². The van der Waals surface area contributed by atoms with Crippen LogP contribution in [-0.4, -0.2) is 69.2 Å². The van der Waals surface area contributed by atoms with E-state index in [1.165, 1.54) is 25.3 Å². The highest BCUT2D eigenvalue weighted by molar-refractivity contribution is 6.31. The van der Waals surface area contributed by atoms with Crippen molar-refractivity contribution in [3.8, 4) is 11.3 Å². The maximum absolute atomic E-state index is 14.3. The Morgan fingerprint density at radius 3 is 2.39 bits per heavy atom. The molecule has 2 aliphatic carbocycles. The summed E-state index contributed by atoms with van der Waals surface area (Å²) in [7, 11) is 1.53. The number of carbonyl (C=O) groups is 2. The summed E-state index contributed by atoms with van der Waals surface area (Å²) < 4.78 is 90.8. The minimum Gasteiger partial charge on any atom is -0.478 e. The molecular weight excluding hydrogens is 644 g/mol. The van der Waals surface area contributed by atoms with E-state index in [9.17, 15) is 46.1 Å². The van der Waals surface area contributed by atoms with E-state index in [2.05, 4.69) is 5.10 Å². The second-order valence-electron chi connectivity index (χ2n) is 12.0. The van der Waals surface area contributed by atoms with Crippen LogP contribution in [0.4, 0.5) is 26.3 Å². The van der Waals surface area contributed by atoms with Crippen molar-refractivity contribution in [3.63, 3.8) is 0 Å². The number of carboxylic acid groups (broad SMARTS) is 1. The molecule has 2 unspecified atom stereocenters. The predicted octanol–water partition coefficient (Wildman–Crippen LogP) is 6.02. The van der Waals surface area contributed by atoms with E-state index in [0.717, 1.165) is 16.8 Å². The number of carbonyl (C=O) groups excluding carboxylic acids is 1. The minimum atomic E-state index is -5.02. The molecule has 0 bridgehead atoms. The molecule has 15 heteroatoms. The molecule has 2 heterocycles. The van der Waals surface area contributed by atoms with E-state index < -0.39 is 47.0 Å². The van der Waals surface area contributed by atoms with Crippen molar-refractivity contribution in [2.24, 2.45) is 5.92 Å². The Hall–Kier alpha value is -3.62. The van der Waals surface area contributed by atoms with E-state index in [-0.39, 0.29) is 70.8 Å². The largest absolute Gasteiger partial charge is 0.478 e. The number of ether oxygens (including phenoxy) is 1. The van der Waals surface area contributed by atoms with Crippen LogP contribution in [0, 0.1) is 5.92 Å². The number of aromatic carboxylic acids is 1. The Morgan fingerprint density at radius 1 is 1.11 bits per heavy atom. The number of halogens is 7. The minimum absolute atomic E-state index is 0.00405. The maximum atomic E-state index is 14.3. The van der Waals surface area contributed by atoms with Crippen LogP contribution in [-0.2, 0) is 34.0 Å². The number of hydrogen-bond acceptors (Lipinski definition) is 5. The molecule has 1 aromatic heterocycles. The number of alkyl halides is 6. The summed E-state index contributed by atoms with van der Waals surface area (Å²) in [6, 6.07) is 6.53. The first-order valence-corrected chi connectivity index (χ1v) is 14.9. The second-order valence-corrected chi connectivity index (χ2v) is 12.4. The van der Waals surface area contributed by atoms with E-state index in [4.69, 9.17) is 16.3 Å². The number of aliphatic hydroxyl groups is 1. The average molecular weight is 672 g/mol. The van der Waals surface area contributed by atoms with E-state index in [1.807, 2.05) is 0 Å². The molecule has 1 aliphatic heterocycles. The molecule has 2 N–H and O–H groups in total. The summed E-state index contributed by atoms with van der Waals surface area (Å²) >= 11 is 6.44. The van der Waals surface area contributed by atoms with Gasteiger partial charge in [0.05, 0.1) is 28.3 Å². The van der Waals surface area contributed by atoms with Crippen molar-refractivity contribution >= 4 is 23.5 Å². The summed E-state index contributed by atoms with van der Waals surface area (Å²) in [5, 5.41) is 25.4. The van der Waals surface area contributed by atoms with Gasteiger partial charge in [-0.25, -0.2) is 9.48 Å². The lowest BCUT2D eigenvalue weighted by molar-refractivity contribution is -0.161. The number of fused-ring (bicyclic) bond motifs is 1. The van der Waals surface area contributed by atoms with Gasteiger partial charge in [0, 0.05) is 59.9 Å². The number of methoxy groups -OCH3 is 1. The topological polar surface area (TPSA) is 105 Å². The molecule has 2 fully saturated rings. The number of aliphatic hydroxyl groups excluding tert-OH is 1. The number of rotatable bonds is 7. The molecule has 3 aliphatic rings. The molecule has 6 rings (SSSR count). The number of nitrogens with zero attached hydrogens (tertiary/aromatic N) is 3. The van der Waals surface area contributed by atoms with Crippen LogP contribution in [0.15, 0.2) is 36.4 Å². The molecule has 3 aromatic rings. The lowest BCUT2D eigenvalue weighted by atomic mass is 9.84. The van der Waals surface area contributed by atoms with Gasteiger partial charge in [0.1, 0.15) is 0 Å². The highest BCUT2D eigenvalue weighted by Gasteiger charge is 2.65. The lowest BCUT2D eigenvalue weighted by Gasteiger charge is -2.40. The zero-order valence-corrected chi connectivity index (χ0v) is 25.0. The molecule has 246 valence electrons. The van der Waals surface area contributed by atoms with E-state index in [0.29, 0.717) is 31.1 Å². The summed E-state index contributed by atoms with van der Waals surface area (Å²) in [6.45, 7) is 0.759. The van der Waals surface area contributed by atoms with Crippen molar-refractivity contribution in [2.75, 3.05) is 20.2 Å². The smallest absolute Gasteiger partial charge is 0.417 e. The summed E-state index contributed by atoms with van der Waals surface area (Å²) in [6.07, 6.45) is -11.7. The van der Waals surface area contributed by atoms with Crippen molar-refractivity contribution < 1.29 is 50.9 Å². The Kier molecular flexibility index (Phi) is 7.92. The normalized spacial score (nSPS) is 20.2. The monoisotopic (exact) mass is 671 g/mol. The predicted molar refractivity (Wildman–Crippen MR) is 151 cm³/mol. The zero-order chi connectivity index (χ0) is 33.3. The van der Waals surface area contributed by atoms with Gasteiger partial charge in [-0.3, -0.25) is 4.79 Å². The second kappa shape index (κ2) is 11.3. The number of aromatic nitrogens is 2. The number of likely N-dealkylation sites (tertiary alicyclic amines) is 1. The fourth-order valence-electron chi connectivity index (χ4n) is 6.59. The SMILES string of the molecule is COC1CN(C(=O)C2CCc3c(-c4ccc(C(=O)O)c(C(F)(F)F)c4)nn(C(O)c4c(Cl)cccc4C4(C(F)(F)F)CC4)c3C2)C1. The highest BCUT2D eigenvalue weighted by Crippen LogP contribution is 2.60. The highest BCUT2D eigenvalue weighted by atomic mass is 35.5. The van der Waals surface area contributed by atoms with Crippen LogP contribution in [0.2, 0.25) is 5.02 Å². The first-order valence-electron chi connectivity index (χ1n) is 14.5. The van der Waals surface area contributed by atoms with Crippen molar-refractivity contribution in [2.45, 2.75) is 62.2 Å². The van der Waals surface area contributed by atoms with Crippen molar-refractivity contribution in [1.29, 1.82) is 0 Å². The number of benzene rings is 2. The first-order chi connectivity index (χ1) is 21.6. The van der Waals surface area contributed by atoms with Crippen molar-refractivity contribution in [3.05, 3.63) is 74.9 Å². The third kappa shape index (κ3) is 5.33. The molecule has 46 heavy (non-hydrogen) atoms. The summed E-state index contributed by atoms with van der Waals surface area (Å²) in [5.41, 5.74) is -4.56. The van der Waals surface area contributed by atoms with Gasteiger partial charge in [-0.2, -0.15) is 31.4 Å². The Labute approximate surface area is 263 Å². The van der Waals surface area contributed by atoms with E-state index >= 15 is 0 Å². The fraction of sp³-hybridized carbons (Fsp3) is 0.452. The maximum Gasteiger partial charge on any atom is 0.417 e. The first kappa shape index (κ1) is 32.3. The van der Waals surface area contributed by atoms with Crippen LogP contribution < -0.4 is 0 Å². The average Bonchev–Trinajstić information content (AvgIpc) is 3.71.